The van der Waals surface area contributed by atoms with Crippen LogP contribution in [0.15, 0.2) is 12.1 Å². The lowest BCUT2D eigenvalue weighted by atomic mass is 10.5. The van der Waals surface area contributed by atoms with Gasteiger partial charge in [-0.15, -0.1) is 11.3 Å². The summed E-state index contributed by atoms with van der Waals surface area (Å²) in [7, 11) is -3.77. The van der Waals surface area contributed by atoms with Gasteiger partial charge in [0, 0.05) is 0 Å². The van der Waals surface area contributed by atoms with E-state index in [2.05, 4.69) is 4.72 Å². The Morgan fingerprint density at radius 3 is 2.69 bits per heavy atom. The molecule has 0 aliphatic heterocycles. The van der Waals surface area contributed by atoms with Crippen LogP contribution in [0, 0.1) is 11.3 Å². The number of aromatic carboxylic acids is 1. The number of nitriles is 1. The van der Waals surface area contributed by atoms with Crippen LogP contribution in [0.4, 0.5) is 5.00 Å². The van der Waals surface area contributed by atoms with E-state index in [1.54, 1.807) is 6.07 Å². The van der Waals surface area contributed by atoms with Crippen LogP contribution in [0.1, 0.15) is 16.6 Å². The first-order chi connectivity index (χ1) is 7.36. The van der Waals surface area contributed by atoms with Crippen molar-refractivity contribution >= 4 is 32.3 Å². The molecule has 0 saturated heterocycles. The molecular formula is C8H8N2O4S2. The molecule has 0 aliphatic carbocycles. The number of hydrogen-bond donors (Lipinski definition) is 2. The highest BCUT2D eigenvalue weighted by atomic mass is 32.2. The van der Waals surface area contributed by atoms with E-state index in [9.17, 15) is 13.2 Å². The number of nitrogens with zero attached hydrogens (tertiary/aromatic N) is 1. The van der Waals surface area contributed by atoms with Gasteiger partial charge in [-0.3, -0.25) is 4.72 Å². The quantitative estimate of drug-likeness (QED) is 0.842. The number of carbonyl (C=O) groups is 1. The molecule has 0 aliphatic rings. The second-order valence-corrected chi connectivity index (χ2v) is 5.97. The first kappa shape index (κ1) is 12.5. The summed E-state index contributed by atoms with van der Waals surface area (Å²) in [4.78, 5) is 10.6. The van der Waals surface area contributed by atoms with Crippen molar-refractivity contribution in [2.75, 3.05) is 4.72 Å². The van der Waals surface area contributed by atoms with E-state index in [0.717, 1.165) is 11.3 Å². The molecule has 6 nitrogen and oxygen atoms in total. The number of carboxylic acids is 1. The molecular weight excluding hydrogens is 252 g/mol. The lowest BCUT2D eigenvalue weighted by Crippen LogP contribution is -2.23. The number of rotatable bonds is 4. The third-order valence-corrected chi connectivity index (χ3v) is 4.37. The fourth-order valence-electron chi connectivity index (χ4n) is 0.806. The molecule has 1 aromatic heterocycles. The van der Waals surface area contributed by atoms with E-state index < -0.39 is 21.2 Å². The summed E-state index contributed by atoms with van der Waals surface area (Å²) < 4.78 is 25.0. The number of thiophene rings is 1. The Morgan fingerprint density at radius 2 is 2.25 bits per heavy atom. The van der Waals surface area contributed by atoms with Crippen LogP contribution in [-0.2, 0) is 10.0 Å². The molecule has 0 saturated carbocycles. The zero-order chi connectivity index (χ0) is 12.3. The lowest BCUT2D eigenvalue weighted by Gasteiger charge is -2.06. The first-order valence-electron chi connectivity index (χ1n) is 4.11. The van der Waals surface area contributed by atoms with Crippen molar-refractivity contribution in [1.29, 1.82) is 5.26 Å². The minimum absolute atomic E-state index is 0.0299. The molecule has 0 amide bonds. The molecule has 86 valence electrons. The Bertz CT molecular complexity index is 541. The molecule has 1 aromatic rings. The SMILES string of the molecule is CC(C#N)S(=O)(=O)Nc1ccc(C(=O)O)s1. The highest BCUT2D eigenvalue weighted by molar-refractivity contribution is 7.93. The predicted molar refractivity (Wildman–Crippen MR) is 58.9 cm³/mol. The average Bonchev–Trinajstić information content (AvgIpc) is 2.64. The highest BCUT2D eigenvalue weighted by Crippen LogP contribution is 2.23. The first-order valence-corrected chi connectivity index (χ1v) is 6.47. The van der Waals surface area contributed by atoms with Crippen molar-refractivity contribution in [1.82, 2.24) is 0 Å². The standard InChI is InChI=1S/C8H8N2O4S2/c1-5(4-9)16(13,14)10-7-3-2-6(15-7)8(11)12/h2-3,5,10H,1H3,(H,11,12). The van der Waals surface area contributed by atoms with E-state index in [1.165, 1.54) is 19.1 Å². The van der Waals surface area contributed by atoms with Crippen LogP contribution in [-0.4, -0.2) is 24.7 Å². The van der Waals surface area contributed by atoms with Crippen molar-refractivity contribution in [3.63, 3.8) is 0 Å². The zero-order valence-corrected chi connectivity index (χ0v) is 9.80. The molecule has 1 atom stereocenters. The summed E-state index contributed by atoms with van der Waals surface area (Å²) in [5.74, 6) is -1.12. The molecule has 0 spiro atoms. The summed E-state index contributed by atoms with van der Waals surface area (Å²) >= 11 is 0.797. The van der Waals surface area contributed by atoms with Gasteiger partial charge in [-0.05, 0) is 19.1 Å². The highest BCUT2D eigenvalue weighted by Gasteiger charge is 2.21. The normalized spacial score (nSPS) is 12.8. The minimum Gasteiger partial charge on any atom is -0.477 e. The number of carboxylic acid groups (broad SMARTS) is 1. The molecule has 0 fully saturated rings. The van der Waals surface area contributed by atoms with Gasteiger partial charge < -0.3 is 5.11 Å². The third-order valence-electron chi connectivity index (χ3n) is 1.71. The van der Waals surface area contributed by atoms with Crippen LogP contribution in [0.5, 0.6) is 0 Å². The molecule has 1 heterocycles. The second kappa shape index (κ2) is 4.51. The second-order valence-electron chi connectivity index (χ2n) is 2.89. The van der Waals surface area contributed by atoms with E-state index in [0.29, 0.717) is 0 Å². The number of hydrogen-bond acceptors (Lipinski definition) is 5. The maximum Gasteiger partial charge on any atom is 0.345 e. The number of sulfonamides is 1. The predicted octanol–water partition coefficient (Wildman–Crippen LogP) is 1.10. The average molecular weight is 260 g/mol. The number of nitrogens with one attached hydrogen (secondary N) is 1. The van der Waals surface area contributed by atoms with Gasteiger partial charge in [-0.1, -0.05) is 0 Å². The fraction of sp³-hybridized carbons (Fsp3) is 0.250. The van der Waals surface area contributed by atoms with E-state index >= 15 is 0 Å². The summed E-state index contributed by atoms with van der Waals surface area (Å²) in [5.41, 5.74) is 0. The maximum absolute atomic E-state index is 11.4. The van der Waals surface area contributed by atoms with Crippen LogP contribution in [0.25, 0.3) is 0 Å². The van der Waals surface area contributed by atoms with Gasteiger partial charge in [-0.2, -0.15) is 5.26 Å². The fourth-order valence-corrected chi connectivity index (χ4v) is 2.58. The molecule has 8 heteroatoms. The molecule has 0 bridgehead atoms. The minimum atomic E-state index is -3.77. The van der Waals surface area contributed by atoms with Crippen molar-refractivity contribution in [2.24, 2.45) is 0 Å². The van der Waals surface area contributed by atoms with Gasteiger partial charge >= 0.3 is 5.97 Å². The molecule has 0 radical (unpaired) electrons. The van der Waals surface area contributed by atoms with Crippen LogP contribution in [0.3, 0.4) is 0 Å². The molecule has 0 aromatic carbocycles. The van der Waals surface area contributed by atoms with Crippen molar-refractivity contribution in [2.45, 2.75) is 12.2 Å². The van der Waals surface area contributed by atoms with Crippen LogP contribution in [0.2, 0.25) is 0 Å². The summed E-state index contributed by atoms with van der Waals surface area (Å²) in [6.07, 6.45) is 0. The molecule has 2 N–H and O–H groups in total. The Hall–Kier alpha value is -1.59. The van der Waals surface area contributed by atoms with Crippen molar-refractivity contribution in [3.8, 4) is 6.07 Å². The monoisotopic (exact) mass is 260 g/mol. The Labute approximate surface area is 96.2 Å². The van der Waals surface area contributed by atoms with Crippen molar-refractivity contribution < 1.29 is 18.3 Å². The van der Waals surface area contributed by atoms with Gasteiger partial charge in [0.05, 0.1) is 6.07 Å². The van der Waals surface area contributed by atoms with Gasteiger partial charge in [0.2, 0.25) is 10.0 Å². The van der Waals surface area contributed by atoms with Gasteiger partial charge in [-0.25, -0.2) is 13.2 Å². The lowest BCUT2D eigenvalue weighted by molar-refractivity contribution is 0.0702. The smallest absolute Gasteiger partial charge is 0.345 e. The van der Waals surface area contributed by atoms with E-state index in [1.807, 2.05) is 0 Å². The Kier molecular flexibility index (Phi) is 3.51. The van der Waals surface area contributed by atoms with E-state index in [-0.39, 0.29) is 9.88 Å². The van der Waals surface area contributed by atoms with Crippen molar-refractivity contribution in [3.05, 3.63) is 17.0 Å². The van der Waals surface area contributed by atoms with E-state index in [4.69, 9.17) is 10.4 Å². The Balaban J connectivity index is 2.90. The largest absolute Gasteiger partial charge is 0.477 e. The zero-order valence-electron chi connectivity index (χ0n) is 8.17. The molecule has 1 rings (SSSR count). The molecule has 16 heavy (non-hydrogen) atoms. The summed E-state index contributed by atoms with van der Waals surface area (Å²) in [6, 6.07) is 4.23. The van der Waals surface area contributed by atoms with Crippen LogP contribution >= 0.6 is 11.3 Å². The van der Waals surface area contributed by atoms with Gasteiger partial charge in [0.1, 0.15) is 9.88 Å². The Morgan fingerprint density at radius 1 is 1.62 bits per heavy atom. The van der Waals surface area contributed by atoms with Gasteiger partial charge in [0.25, 0.3) is 0 Å². The summed E-state index contributed by atoms with van der Waals surface area (Å²) in [6.45, 7) is 1.24. The third kappa shape index (κ3) is 2.71. The maximum atomic E-state index is 11.4. The number of anilines is 1. The van der Waals surface area contributed by atoms with Gasteiger partial charge in [0.15, 0.2) is 5.25 Å². The summed E-state index contributed by atoms with van der Waals surface area (Å²) in [5, 5.41) is 16.1. The molecule has 1 unspecified atom stereocenters. The van der Waals surface area contributed by atoms with Crippen LogP contribution < -0.4 is 4.72 Å². The topological polar surface area (TPSA) is 107 Å².